The van der Waals surface area contributed by atoms with Crippen molar-refractivity contribution in [1.29, 1.82) is 0 Å². The van der Waals surface area contributed by atoms with Gasteiger partial charge < -0.3 is 18.9 Å². The summed E-state index contributed by atoms with van der Waals surface area (Å²) in [7, 11) is 0. The lowest BCUT2D eigenvalue weighted by molar-refractivity contribution is -0.140. The highest BCUT2D eigenvalue weighted by Gasteiger charge is 2.11. The van der Waals surface area contributed by atoms with Crippen LogP contribution < -0.4 is 0 Å². The molecule has 0 amide bonds. The van der Waals surface area contributed by atoms with Crippen molar-refractivity contribution in [1.82, 2.24) is 0 Å². The van der Waals surface area contributed by atoms with Gasteiger partial charge in [0.25, 0.3) is 0 Å². The minimum absolute atomic E-state index is 0.238. The van der Waals surface area contributed by atoms with Gasteiger partial charge >= 0.3 is 23.9 Å². The largest absolute Gasteiger partial charge is 0.463 e. The molecule has 8 nitrogen and oxygen atoms in total. The molecule has 0 saturated heterocycles. The van der Waals surface area contributed by atoms with Gasteiger partial charge in [-0.05, 0) is 70.9 Å². The third-order valence-corrected chi connectivity index (χ3v) is 4.74. The van der Waals surface area contributed by atoms with Crippen LogP contribution in [0.15, 0.2) is 19.3 Å². The molecule has 0 saturated carbocycles. The number of unbranched alkanes of at least 4 members (excludes halogenated alkanes) is 2. The summed E-state index contributed by atoms with van der Waals surface area (Å²) in [4.78, 5) is 44.9. The SMILES string of the molecule is CCCCOC(=O)/C=C(/I)C(=O)OCCCC.CCCOC(=O)/C=C(/I)C(=O)OCCC. The van der Waals surface area contributed by atoms with Gasteiger partial charge in [-0.2, -0.15) is 0 Å². The van der Waals surface area contributed by atoms with Crippen LogP contribution in [-0.4, -0.2) is 50.3 Å². The van der Waals surface area contributed by atoms with Crippen LogP contribution in [0.1, 0.15) is 66.2 Å². The van der Waals surface area contributed by atoms with E-state index >= 15 is 0 Å². The quantitative estimate of drug-likeness (QED) is 0.0811. The molecule has 0 bridgehead atoms. The lowest BCUT2D eigenvalue weighted by Gasteiger charge is -2.03. The van der Waals surface area contributed by atoms with Gasteiger partial charge in [0.15, 0.2) is 0 Å². The Labute approximate surface area is 218 Å². The van der Waals surface area contributed by atoms with Gasteiger partial charge in [0.2, 0.25) is 0 Å². The fourth-order valence-electron chi connectivity index (χ4n) is 1.57. The summed E-state index contributed by atoms with van der Waals surface area (Å²) in [6, 6.07) is 0. The molecule has 0 radical (unpaired) electrons. The average Bonchev–Trinajstić information content (AvgIpc) is 2.76. The van der Waals surface area contributed by atoms with Crippen LogP contribution in [0.3, 0.4) is 0 Å². The van der Waals surface area contributed by atoms with E-state index < -0.39 is 23.9 Å². The predicted molar refractivity (Wildman–Crippen MR) is 138 cm³/mol. The zero-order valence-corrected chi connectivity index (χ0v) is 23.6. The summed E-state index contributed by atoms with van der Waals surface area (Å²) in [6.07, 6.45) is 7.43. The number of carbonyl (C=O) groups excluding carboxylic acids is 4. The van der Waals surface area contributed by atoms with Crippen LogP contribution in [-0.2, 0) is 38.1 Å². The van der Waals surface area contributed by atoms with E-state index in [1.165, 1.54) is 6.08 Å². The number of rotatable bonds is 14. The first kappa shape index (κ1) is 33.0. The van der Waals surface area contributed by atoms with E-state index in [9.17, 15) is 19.2 Å². The molecule has 0 heterocycles. The molecule has 0 rings (SSSR count). The van der Waals surface area contributed by atoms with E-state index in [4.69, 9.17) is 18.9 Å². The number of carbonyl (C=O) groups is 4. The van der Waals surface area contributed by atoms with Gasteiger partial charge in [-0.15, -0.1) is 0 Å². The van der Waals surface area contributed by atoms with Crippen molar-refractivity contribution in [2.45, 2.75) is 66.2 Å². The van der Waals surface area contributed by atoms with Crippen LogP contribution in [0.5, 0.6) is 0 Å². The van der Waals surface area contributed by atoms with Crippen molar-refractivity contribution < 1.29 is 38.1 Å². The second-order valence-corrected chi connectivity index (χ2v) is 8.62. The maximum Gasteiger partial charge on any atom is 0.344 e. The Hall–Kier alpha value is -1.18. The van der Waals surface area contributed by atoms with Gasteiger partial charge in [0, 0.05) is 12.2 Å². The van der Waals surface area contributed by atoms with E-state index in [-0.39, 0.29) is 7.16 Å². The molecule has 0 spiro atoms. The number of ether oxygens (including phenoxy) is 4. The van der Waals surface area contributed by atoms with Gasteiger partial charge in [-0.1, -0.05) is 40.5 Å². The van der Waals surface area contributed by atoms with E-state index in [0.29, 0.717) is 26.4 Å². The Balaban J connectivity index is 0. The number of halogens is 2. The zero-order chi connectivity index (χ0) is 24.8. The number of hydrogen-bond donors (Lipinski definition) is 0. The molecule has 32 heavy (non-hydrogen) atoms. The summed E-state index contributed by atoms with van der Waals surface area (Å²) >= 11 is 3.54. The first-order chi connectivity index (χ1) is 15.2. The molecule has 0 aliphatic carbocycles. The minimum atomic E-state index is -0.505. The van der Waals surface area contributed by atoms with Crippen molar-refractivity contribution in [3.8, 4) is 0 Å². The Kier molecular flexibility index (Phi) is 23.7. The molecule has 10 heteroatoms. The molecule has 0 aliphatic heterocycles. The van der Waals surface area contributed by atoms with E-state index in [1.807, 2.05) is 27.7 Å². The summed E-state index contributed by atoms with van der Waals surface area (Å²) < 4.78 is 20.0. The van der Waals surface area contributed by atoms with Crippen molar-refractivity contribution in [2.75, 3.05) is 26.4 Å². The highest BCUT2D eigenvalue weighted by Crippen LogP contribution is 2.10. The van der Waals surface area contributed by atoms with Crippen molar-refractivity contribution in [3.63, 3.8) is 0 Å². The molecule has 0 aromatic carbocycles. The van der Waals surface area contributed by atoms with E-state index in [1.54, 1.807) is 45.2 Å². The van der Waals surface area contributed by atoms with Crippen LogP contribution in [0.4, 0.5) is 0 Å². The van der Waals surface area contributed by atoms with Gasteiger partial charge in [-0.25, -0.2) is 19.2 Å². The third kappa shape index (κ3) is 20.7. The minimum Gasteiger partial charge on any atom is -0.463 e. The smallest absolute Gasteiger partial charge is 0.344 e. The van der Waals surface area contributed by atoms with Gasteiger partial charge in [-0.3, -0.25) is 0 Å². The topological polar surface area (TPSA) is 105 Å². The molecule has 184 valence electrons. The average molecular weight is 680 g/mol. The van der Waals surface area contributed by atoms with Gasteiger partial charge in [0.1, 0.15) is 7.16 Å². The molecular formula is C22H34I2O8. The highest BCUT2D eigenvalue weighted by atomic mass is 127. The molecule has 0 unspecified atom stereocenters. The van der Waals surface area contributed by atoms with Crippen molar-refractivity contribution in [3.05, 3.63) is 19.3 Å². The molecular weight excluding hydrogens is 646 g/mol. The molecule has 0 aliphatic rings. The molecule has 0 fully saturated rings. The maximum absolute atomic E-state index is 11.4. The fourth-order valence-corrected chi connectivity index (χ4v) is 2.39. The molecule has 0 aromatic rings. The monoisotopic (exact) mass is 680 g/mol. The predicted octanol–water partition coefficient (Wildman–Crippen LogP) is 5.20. The highest BCUT2D eigenvalue weighted by molar-refractivity contribution is 14.1. The standard InChI is InChI=1S/C12H19IO4.C10H15IO4/c1-3-5-7-16-11(14)9-10(13)12(15)17-8-6-4-2;1-3-5-14-9(12)7-8(11)10(13)15-6-4-2/h9H,3-8H2,1-2H3;7H,3-6H2,1-2H3/b10-9+;8-7+. The fraction of sp³-hybridized carbons (Fsp3) is 0.636. The lowest BCUT2D eigenvalue weighted by atomic mass is 10.4. The maximum atomic E-state index is 11.4. The first-order valence-electron chi connectivity index (χ1n) is 10.6. The Morgan fingerprint density at radius 1 is 0.562 bits per heavy atom. The van der Waals surface area contributed by atoms with Gasteiger partial charge in [0.05, 0.1) is 26.4 Å². The zero-order valence-electron chi connectivity index (χ0n) is 19.2. The lowest BCUT2D eigenvalue weighted by Crippen LogP contribution is -2.09. The number of hydrogen-bond acceptors (Lipinski definition) is 8. The third-order valence-electron chi connectivity index (χ3n) is 3.24. The summed E-state index contributed by atoms with van der Waals surface area (Å²) in [5, 5.41) is 0. The Bertz CT molecular complexity index is 629. The summed E-state index contributed by atoms with van der Waals surface area (Å²) in [5.74, 6) is -1.94. The first-order valence-corrected chi connectivity index (χ1v) is 12.8. The van der Waals surface area contributed by atoms with Crippen molar-refractivity contribution in [2.24, 2.45) is 0 Å². The van der Waals surface area contributed by atoms with Crippen LogP contribution in [0, 0.1) is 0 Å². The van der Waals surface area contributed by atoms with Crippen LogP contribution in [0.25, 0.3) is 0 Å². The molecule has 0 aromatic heterocycles. The Morgan fingerprint density at radius 2 is 0.906 bits per heavy atom. The second-order valence-electron chi connectivity index (χ2n) is 6.30. The number of esters is 4. The van der Waals surface area contributed by atoms with Crippen molar-refractivity contribution >= 4 is 69.1 Å². The van der Waals surface area contributed by atoms with Crippen LogP contribution in [0.2, 0.25) is 0 Å². The summed E-state index contributed by atoms with van der Waals surface area (Å²) in [6.45, 7) is 9.34. The van der Waals surface area contributed by atoms with Crippen LogP contribution >= 0.6 is 45.2 Å². The molecule has 0 N–H and O–H groups in total. The summed E-state index contributed by atoms with van der Waals surface area (Å²) in [5.41, 5.74) is 0. The van der Waals surface area contributed by atoms with E-state index in [0.717, 1.165) is 44.6 Å². The molecule has 0 atom stereocenters. The second kappa shape index (κ2) is 23.0. The normalized spacial score (nSPS) is 11.1. The van der Waals surface area contributed by atoms with E-state index in [2.05, 4.69) is 0 Å². The Morgan fingerprint density at radius 3 is 1.31 bits per heavy atom.